The van der Waals surface area contributed by atoms with Gasteiger partial charge in [0, 0.05) is 29.9 Å². The fourth-order valence-electron chi connectivity index (χ4n) is 5.59. The molecule has 3 aromatic rings. The van der Waals surface area contributed by atoms with Crippen LogP contribution in [0.15, 0.2) is 53.2 Å². The first-order chi connectivity index (χ1) is 19.0. The molecular formula is C28H30N4O7S. The zero-order valence-corrected chi connectivity index (χ0v) is 23.2. The van der Waals surface area contributed by atoms with Crippen molar-refractivity contribution in [2.24, 2.45) is 5.92 Å². The molecule has 0 radical (unpaired) electrons. The lowest BCUT2D eigenvalue weighted by Gasteiger charge is -2.29. The van der Waals surface area contributed by atoms with Crippen molar-refractivity contribution in [2.45, 2.75) is 51.7 Å². The van der Waals surface area contributed by atoms with E-state index in [0.29, 0.717) is 17.6 Å². The number of nitrogens with one attached hydrogen (secondary N) is 1. The monoisotopic (exact) mass is 566 g/mol. The van der Waals surface area contributed by atoms with Gasteiger partial charge in [-0.15, -0.1) is 0 Å². The van der Waals surface area contributed by atoms with E-state index >= 15 is 0 Å². The van der Waals surface area contributed by atoms with E-state index < -0.39 is 57.4 Å². The summed E-state index contributed by atoms with van der Waals surface area (Å²) in [6.45, 7) is 5.19. The van der Waals surface area contributed by atoms with Crippen LogP contribution in [-0.4, -0.2) is 76.5 Å². The zero-order valence-electron chi connectivity index (χ0n) is 22.4. The first-order valence-electron chi connectivity index (χ1n) is 13.1. The molecule has 11 nitrogen and oxygen atoms in total. The first kappa shape index (κ1) is 27.7. The SMILES string of the molecule is Cc1c(C(=O)NC(CC(C)C)C(=O)N2CCC3C2C(=O)CN3S(=O)(=O)C(=O)c2cccnc2)oc2ccccc12. The van der Waals surface area contributed by atoms with Gasteiger partial charge in [-0.3, -0.25) is 24.2 Å². The number of likely N-dealkylation sites (tertiary alicyclic amines) is 1. The molecule has 1 aromatic carbocycles. The van der Waals surface area contributed by atoms with Crippen molar-refractivity contribution < 1.29 is 32.0 Å². The number of aromatic nitrogens is 1. The van der Waals surface area contributed by atoms with Gasteiger partial charge in [0.25, 0.3) is 21.0 Å². The molecule has 0 saturated carbocycles. The van der Waals surface area contributed by atoms with Gasteiger partial charge in [-0.25, -0.2) is 8.42 Å². The number of hydrogen-bond donors (Lipinski definition) is 1. The van der Waals surface area contributed by atoms with Crippen molar-refractivity contribution in [2.75, 3.05) is 13.1 Å². The molecule has 1 N–H and O–H groups in total. The standard InChI is InChI=1S/C28H30N4O7S/c1-16(2)13-20(30-26(34)25-17(3)19-8-4-5-9-23(19)39-25)27(35)31-12-10-21-24(31)22(33)15-32(21)40(37,38)28(36)18-7-6-11-29-14-18/h4-9,11,14,16,20-21,24H,10,12-13,15H2,1-3H3,(H,30,34). The molecule has 0 spiro atoms. The maximum absolute atomic E-state index is 13.8. The minimum atomic E-state index is -4.53. The molecule has 0 aliphatic carbocycles. The third-order valence-corrected chi connectivity index (χ3v) is 9.18. The number of amides is 2. The second-order valence-corrected chi connectivity index (χ2v) is 12.4. The number of para-hydroxylation sites is 1. The summed E-state index contributed by atoms with van der Waals surface area (Å²) in [6, 6.07) is 7.17. The van der Waals surface area contributed by atoms with E-state index in [-0.39, 0.29) is 30.2 Å². The minimum Gasteiger partial charge on any atom is -0.451 e. The normalized spacial score (nSPS) is 20.2. The van der Waals surface area contributed by atoms with Crippen molar-refractivity contribution in [3.63, 3.8) is 0 Å². The maximum Gasteiger partial charge on any atom is 0.293 e. The number of hydrogen-bond acceptors (Lipinski definition) is 8. The third-order valence-electron chi connectivity index (χ3n) is 7.46. The lowest BCUT2D eigenvalue weighted by Crippen LogP contribution is -2.53. The van der Waals surface area contributed by atoms with Crippen LogP contribution in [0, 0.1) is 12.8 Å². The fourth-order valence-corrected chi connectivity index (χ4v) is 7.09. The van der Waals surface area contributed by atoms with Crippen LogP contribution in [0.25, 0.3) is 11.0 Å². The molecule has 40 heavy (non-hydrogen) atoms. The molecule has 4 heterocycles. The Labute approximate surface area is 231 Å². The Morgan fingerprint density at radius 2 is 1.90 bits per heavy atom. The lowest BCUT2D eigenvalue weighted by molar-refractivity contribution is -0.138. The van der Waals surface area contributed by atoms with Crippen LogP contribution in [-0.2, 0) is 19.6 Å². The number of ketones is 1. The second kappa shape index (κ2) is 10.6. The van der Waals surface area contributed by atoms with E-state index in [1.165, 1.54) is 23.2 Å². The molecule has 2 saturated heterocycles. The number of nitrogens with zero attached hydrogens (tertiary/aromatic N) is 3. The Kier molecular flexibility index (Phi) is 7.32. The van der Waals surface area contributed by atoms with E-state index in [4.69, 9.17) is 4.42 Å². The van der Waals surface area contributed by atoms with Crippen LogP contribution in [0.5, 0.6) is 0 Å². The fraction of sp³-hybridized carbons (Fsp3) is 0.393. The topological polar surface area (TPSA) is 147 Å². The first-order valence-corrected chi connectivity index (χ1v) is 14.5. The van der Waals surface area contributed by atoms with Crippen molar-refractivity contribution in [1.82, 2.24) is 19.5 Å². The molecule has 2 fully saturated rings. The summed E-state index contributed by atoms with van der Waals surface area (Å²) in [5.74, 6) is -1.37. The summed E-state index contributed by atoms with van der Waals surface area (Å²) in [6.07, 6.45) is 3.06. The molecule has 0 bridgehead atoms. The molecule has 210 valence electrons. The number of pyridine rings is 1. The van der Waals surface area contributed by atoms with E-state index in [1.54, 1.807) is 19.1 Å². The van der Waals surface area contributed by atoms with Crippen molar-refractivity contribution in [3.05, 3.63) is 65.7 Å². The Balaban J connectivity index is 1.37. The third kappa shape index (κ3) is 4.81. The Bertz CT molecular complexity index is 1600. The maximum atomic E-state index is 13.8. The van der Waals surface area contributed by atoms with E-state index in [2.05, 4.69) is 10.3 Å². The number of rotatable bonds is 7. The molecule has 2 amide bonds. The number of benzene rings is 1. The molecule has 5 rings (SSSR count). The highest BCUT2D eigenvalue weighted by molar-refractivity contribution is 8.04. The van der Waals surface area contributed by atoms with Gasteiger partial charge in [-0.2, -0.15) is 4.31 Å². The van der Waals surface area contributed by atoms with Gasteiger partial charge in [-0.1, -0.05) is 32.0 Å². The highest BCUT2D eigenvalue weighted by atomic mass is 32.2. The predicted molar refractivity (Wildman–Crippen MR) is 145 cm³/mol. The summed E-state index contributed by atoms with van der Waals surface area (Å²) in [4.78, 5) is 58.1. The predicted octanol–water partition coefficient (Wildman–Crippen LogP) is 2.31. The van der Waals surface area contributed by atoms with Gasteiger partial charge in [0.2, 0.25) is 5.91 Å². The van der Waals surface area contributed by atoms with Gasteiger partial charge in [0.1, 0.15) is 17.7 Å². The van der Waals surface area contributed by atoms with Crippen LogP contribution >= 0.6 is 0 Å². The molecule has 2 aliphatic rings. The van der Waals surface area contributed by atoms with Crippen molar-refractivity contribution in [1.29, 1.82) is 0 Å². The molecule has 3 unspecified atom stereocenters. The van der Waals surface area contributed by atoms with E-state index in [1.807, 2.05) is 26.0 Å². The highest BCUT2D eigenvalue weighted by Gasteiger charge is 2.55. The van der Waals surface area contributed by atoms with Crippen LogP contribution in [0.4, 0.5) is 0 Å². The second-order valence-electron chi connectivity index (χ2n) is 10.6. The summed E-state index contributed by atoms with van der Waals surface area (Å²) >= 11 is 0. The highest BCUT2D eigenvalue weighted by Crippen LogP contribution is 2.33. The van der Waals surface area contributed by atoms with Crippen LogP contribution < -0.4 is 5.32 Å². The molecule has 2 aromatic heterocycles. The number of carbonyl (C=O) groups is 4. The van der Waals surface area contributed by atoms with E-state index in [9.17, 15) is 27.6 Å². The summed E-state index contributed by atoms with van der Waals surface area (Å²) in [5.41, 5.74) is 1.10. The number of fused-ring (bicyclic) bond motifs is 2. The number of furan rings is 1. The zero-order chi connectivity index (χ0) is 28.8. The van der Waals surface area contributed by atoms with Crippen LogP contribution in [0.1, 0.15) is 53.2 Å². The average Bonchev–Trinajstić information content (AvgIpc) is 3.61. The Morgan fingerprint density at radius 1 is 1.15 bits per heavy atom. The molecule has 12 heteroatoms. The van der Waals surface area contributed by atoms with Crippen LogP contribution in [0.3, 0.4) is 0 Å². The molecule has 2 aliphatic heterocycles. The largest absolute Gasteiger partial charge is 0.451 e. The minimum absolute atomic E-state index is 0.0256. The van der Waals surface area contributed by atoms with Crippen molar-refractivity contribution in [3.8, 4) is 0 Å². The molecule has 3 atom stereocenters. The Hall–Kier alpha value is -3.90. The summed E-state index contributed by atoms with van der Waals surface area (Å²) in [5, 5.41) is 2.43. The van der Waals surface area contributed by atoms with Gasteiger partial charge in [-0.05, 0) is 43.9 Å². The van der Waals surface area contributed by atoms with Gasteiger partial charge < -0.3 is 14.6 Å². The van der Waals surface area contributed by atoms with Gasteiger partial charge in [0.05, 0.1) is 18.2 Å². The Morgan fingerprint density at radius 3 is 2.58 bits per heavy atom. The lowest BCUT2D eigenvalue weighted by atomic mass is 10.0. The van der Waals surface area contributed by atoms with Gasteiger partial charge >= 0.3 is 0 Å². The quantitative estimate of drug-likeness (QED) is 0.458. The van der Waals surface area contributed by atoms with Gasteiger partial charge in [0.15, 0.2) is 11.5 Å². The number of Topliss-reactive ketones (excluding diaryl/α,β-unsaturated/α-hetero) is 1. The summed E-state index contributed by atoms with van der Waals surface area (Å²) < 4.78 is 33.1. The van der Waals surface area contributed by atoms with Crippen LogP contribution in [0.2, 0.25) is 0 Å². The smallest absolute Gasteiger partial charge is 0.293 e. The number of sulfonamides is 1. The number of carbonyl (C=O) groups excluding carboxylic acids is 4. The molecular weight excluding hydrogens is 536 g/mol. The summed E-state index contributed by atoms with van der Waals surface area (Å²) in [7, 11) is -4.53. The average molecular weight is 567 g/mol. The van der Waals surface area contributed by atoms with E-state index in [0.717, 1.165) is 15.9 Å². The van der Waals surface area contributed by atoms with Crippen molar-refractivity contribution >= 4 is 43.7 Å². The number of aryl methyl sites for hydroxylation is 1.